The normalized spacial score (nSPS) is 16.7. The predicted molar refractivity (Wildman–Crippen MR) is 118 cm³/mol. The van der Waals surface area contributed by atoms with E-state index < -0.39 is 0 Å². The fraction of sp³-hybridized carbons (Fsp3) is 0.500. The van der Waals surface area contributed by atoms with Gasteiger partial charge in [0.25, 0.3) is 0 Å². The molecule has 11 heteroatoms. The van der Waals surface area contributed by atoms with Crippen molar-refractivity contribution in [1.82, 2.24) is 19.9 Å². The second-order valence-corrected chi connectivity index (χ2v) is 8.04. The van der Waals surface area contributed by atoms with Gasteiger partial charge >= 0.3 is 6.01 Å². The van der Waals surface area contributed by atoms with Crippen LogP contribution in [0.25, 0.3) is 0 Å². The SMILES string of the molecule is COCCOc1nc(N)c2c(n1)N(Cc1cnc(N3CCN(C)CC3)c(Cl)c1)C(=O)C2. The van der Waals surface area contributed by atoms with Gasteiger partial charge in [-0.25, -0.2) is 4.98 Å². The Morgan fingerprint density at radius 3 is 2.65 bits per heavy atom. The number of pyridine rings is 1. The smallest absolute Gasteiger partial charge is 0.320 e. The van der Waals surface area contributed by atoms with E-state index >= 15 is 0 Å². The minimum Gasteiger partial charge on any atom is -0.461 e. The van der Waals surface area contributed by atoms with E-state index in [1.165, 1.54) is 0 Å². The number of halogens is 1. The van der Waals surface area contributed by atoms with Crippen molar-refractivity contribution >= 4 is 35.0 Å². The van der Waals surface area contributed by atoms with E-state index in [0.29, 0.717) is 23.0 Å². The van der Waals surface area contributed by atoms with Crippen LogP contribution in [0.3, 0.4) is 0 Å². The summed E-state index contributed by atoms with van der Waals surface area (Å²) >= 11 is 6.54. The van der Waals surface area contributed by atoms with Gasteiger partial charge in [-0.3, -0.25) is 9.69 Å². The minimum absolute atomic E-state index is 0.107. The van der Waals surface area contributed by atoms with Gasteiger partial charge in [-0.05, 0) is 18.7 Å². The monoisotopic (exact) mass is 447 g/mol. The molecule has 31 heavy (non-hydrogen) atoms. The molecule has 166 valence electrons. The van der Waals surface area contributed by atoms with Crippen LogP contribution >= 0.6 is 11.6 Å². The molecule has 0 aliphatic carbocycles. The molecule has 4 rings (SSSR count). The third-order valence-electron chi connectivity index (χ3n) is 5.42. The van der Waals surface area contributed by atoms with Crippen LogP contribution < -0.4 is 20.3 Å². The lowest BCUT2D eigenvalue weighted by Gasteiger charge is -2.33. The fourth-order valence-electron chi connectivity index (χ4n) is 3.66. The van der Waals surface area contributed by atoms with Crippen LogP contribution in [-0.2, 0) is 22.5 Å². The van der Waals surface area contributed by atoms with Gasteiger partial charge in [-0.2, -0.15) is 9.97 Å². The lowest BCUT2D eigenvalue weighted by atomic mass is 10.2. The zero-order valence-electron chi connectivity index (χ0n) is 17.7. The summed E-state index contributed by atoms with van der Waals surface area (Å²) in [5.74, 6) is 1.37. The standard InChI is InChI=1S/C20H26ClN7O3/c1-26-3-5-27(6-4-26)19-15(21)9-13(11-23-19)12-28-16(29)10-14-17(22)24-20(25-18(14)28)31-8-7-30-2/h9,11H,3-8,10,12H2,1-2H3,(H2,22,24,25). The van der Waals surface area contributed by atoms with Crippen molar-refractivity contribution in [2.24, 2.45) is 0 Å². The van der Waals surface area contributed by atoms with Crippen molar-refractivity contribution in [1.29, 1.82) is 0 Å². The second kappa shape index (κ2) is 9.21. The first-order chi connectivity index (χ1) is 15.0. The van der Waals surface area contributed by atoms with Gasteiger partial charge in [0.1, 0.15) is 24.1 Å². The third-order valence-corrected chi connectivity index (χ3v) is 5.70. The number of nitrogen functional groups attached to an aromatic ring is 1. The Kier molecular flexibility index (Phi) is 6.40. The van der Waals surface area contributed by atoms with Gasteiger partial charge in [0.15, 0.2) is 0 Å². The maximum atomic E-state index is 12.7. The number of nitrogens with two attached hydrogens (primary N) is 1. The van der Waals surface area contributed by atoms with Crippen LogP contribution in [0.4, 0.5) is 17.5 Å². The van der Waals surface area contributed by atoms with Crippen LogP contribution in [-0.4, -0.2) is 79.3 Å². The van der Waals surface area contributed by atoms with E-state index in [2.05, 4.69) is 31.8 Å². The van der Waals surface area contributed by atoms with Crippen LogP contribution in [0, 0.1) is 0 Å². The summed E-state index contributed by atoms with van der Waals surface area (Å²) in [6, 6.07) is 1.98. The molecule has 0 unspecified atom stereocenters. The molecule has 1 saturated heterocycles. The Morgan fingerprint density at radius 1 is 1.16 bits per heavy atom. The topological polar surface area (TPSA) is 110 Å². The van der Waals surface area contributed by atoms with E-state index in [-0.39, 0.29) is 37.3 Å². The first-order valence-corrected chi connectivity index (χ1v) is 10.5. The predicted octanol–water partition coefficient (Wildman–Crippen LogP) is 0.973. The van der Waals surface area contributed by atoms with E-state index in [9.17, 15) is 4.79 Å². The summed E-state index contributed by atoms with van der Waals surface area (Å²) in [5.41, 5.74) is 7.46. The second-order valence-electron chi connectivity index (χ2n) is 7.63. The molecule has 0 bridgehead atoms. The molecule has 2 aromatic heterocycles. The highest BCUT2D eigenvalue weighted by Gasteiger charge is 2.32. The molecule has 1 fully saturated rings. The van der Waals surface area contributed by atoms with Gasteiger partial charge in [-0.1, -0.05) is 11.6 Å². The van der Waals surface area contributed by atoms with Gasteiger partial charge in [0.05, 0.1) is 24.6 Å². The number of amides is 1. The van der Waals surface area contributed by atoms with Gasteiger partial charge in [-0.15, -0.1) is 0 Å². The number of hydrogen-bond donors (Lipinski definition) is 1. The Labute approximate surface area is 185 Å². The molecule has 0 atom stereocenters. The summed E-state index contributed by atoms with van der Waals surface area (Å²) < 4.78 is 10.5. The highest BCUT2D eigenvalue weighted by atomic mass is 35.5. The maximum absolute atomic E-state index is 12.7. The average molecular weight is 448 g/mol. The number of fused-ring (bicyclic) bond motifs is 1. The number of piperazine rings is 1. The molecule has 0 saturated carbocycles. The molecule has 2 aliphatic heterocycles. The summed E-state index contributed by atoms with van der Waals surface area (Å²) in [6.07, 6.45) is 1.91. The quantitative estimate of drug-likeness (QED) is 0.620. The molecule has 2 aromatic rings. The molecule has 4 heterocycles. The molecule has 0 aromatic carbocycles. The highest BCUT2D eigenvalue weighted by molar-refractivity contribution is 6.33. The van der Waals surface area contributed by atoms with Crippen molar-refractivity contribution < 1.29 is 14.3 Å². The van der Waals surface area contributed by atoms with E-state index in [4.69, 9.17) is 26.8 Å². The molecule has 0 radical (unpaired) electrons. The van der Waals surface area contributed by atoms with Crippen LogP contribution in [0.2, 0.25) is 5.02 Å². The first-order valence-electron chi connectivity index (χ1n) is 10.1. The molecule has 10 nitrogen and oxygen atoms in total. The largest absolute Gasteiger partial charge is 0.461 e. The number of anilines is 3. The molecular weight excluding hydrogens is 422 g/mol. The lowest BCUT2D eigenvalue weighted by Crippen LogP contribution is -2.45. The Balaban J connectivity index is 1.52. The summed E-state index contributed by atoms with van der Waals surface area (Å²) in [5, 5.41) is 0.569. The zero-order valence-corrected chi connectivity index (χ0v) is 18.4. The molecule has 2 N–H and O–H groups in total. The maximum Gasteiger partial charge on any atom is 0.320 e. The molecule has 0 spiro atoms. The summed E-state index contributed by atoms with van der Waals surface area (Å²) in [7, 11) is 3.68. The number of likely N-dealkylation sites (N-methyl/N-ethyl adjacent to an activating group) is 1. The van der Waals surface area contributed by atoms with Crippen molar-refractivity contribution in [2.45, 2.75) is 13.0 Å². The van der Waals surface area contributed by atoms with Crippen molar-refractivity contribution in [3.8, 4) is 6.01 Å². The zero-order chi connectivity index (χ0) is 22.0. The van der Waals surface area contributed by atoms with Crippen LogP contribution in [0.1, 0.15) is 11.1 Å². The number of ether oxygens (including phenoxy) is 2. The first kappa shape index (κ1) is 21.5. The summed E-state index contributed by atoms with van der Waals surface area (Å²) in [6.45, 7) is 4.66. The van der Waals surface area contributed by atoms with Crippen molar-refractivity contribution in [3.05, 3.63) is 28.4 Å². The molecule has 1 amide bonds. The highest BCUT2D eigenvalue weighted by Crippen LogP contribution is 2.34. The van der Waals surface area contributed by atoms with Crippen molar-refractivity contribution in [2.75, 3.05) is 69.1 Å². The average Bonchev–Trinajstić information content (AvgIpc) is 3.05. The Hall–Kier alpha value is -2.69. The number of hydrogen-bond acceptors (Lipinski definition) is 9. The van der Waals surface area contributed by atoms with Crippen LogP contribution in [0.15, 0.2) is 12.3 Å². The lowest BCUT2D eigenvalue weighted by molar-refractivity contribution is -0.117. The number of methoxy groups -OCH3 is 1. The molecular formula is C20H26ClN7O3. The van der Waals surface area contributed by atoms with Crippen molar-refractivity contribution in [3.63, 3.8) is 0 Å². The number of carbonyl (C=O) groups excluding carboxylic acids is 1. The Morgan fingerprint density at radius 2 is 1.94 bits per heavy atom. The third kappa shape index (κ3) is 4.65. The fourth-order valence-corrected chi connectivity index (χ4v) is 3.97. The molecule has 2 aliphatic rings. The number of nitrogens with zero attached hydrogens (tertiary/aromatic N) is 6. The van der Waals surface area contributed by atoms with E-state index in [1.807, 2.05) is 6.07 Å². The minimum atomic E-state index is -0.107. The van der Waals surface area contributed by atoms with E-state index in [0.717, 1.165) is 37.6 Å². The summed E-state index contributed by atoms with van der Waals surface area (Å²) in [4.78, 5) is 31.8. The number of carbonyl (C=O) groups is 1. The Bertz CT molecular complexity index is 966. The van der Waals surface area contributed by atoms with Crippen LogP contribution in [0.5, 0.6) is 6.01 Å². The van der Waals surface area contributed by atoms with Gasteiger partial charge in [0, 0.05) is 45.0 Å². The van der Waals surface area contributed by atoms with Gasteiger partial charge < -0.3 is 25.0 Å². The van der Waals surface area contributed by atoms with Gasteiger partial charge in [0.2, 0.25) is 5.91 Å². The van der Waals surface area contributed by atoms with E-state index in [1.54, 1.807) is 18.2 Å². The number of rotatable bonds is 7. The number of aromatic nitrogens is 3.